The van der Waals surface area contributed by atoms with E-state index in [4.69, 9.17) is 0 Å². The third-order valence-electron chi connectivity index (χ3n) is 3.26. The first kappa shape index (κ1) is 13.4. The van der Waals surface area contributed by atoms with E-state index in [-0.39, 0.29) is 0 Å². The molecule has 0 amide bonds. The zero-order chi connectivity index (χ0) is 14.5. The smallest absolute Gasteiger partial charge is 0.126 e. The van der Waals surface area contributed by atoms with Crippen LogP contribution >= 0.6 is 0 Å². The zero-order valence-electron chi connectivity index (χ0n) is 12.0. The number of aryl methyl sites for hydroxylation is 1. The molecule has 0 saturated heterocycles. The fourth-order valence-electron chi connectivity index (χ4n) is 2.25. The first-order valence-corrected chi connectivity index (χ1v) is 7.02. The Labute approximate surface area is 124 Å². The van der Waals surface area contributed by atoms with E-state index in [9.17, 15) is 0 Å². The molecule has 1 N–H and O–H groups in total. The minimum Gasteiger partial charge on any atom is -0.366 e. The van der Waals surface area contributed by atoms with Gasteiger partial charge in [0.05, 0.1) is 6.54 Å². The Balaban J connectivity index is 1.66. The maximum atomic E-state index is 4.45. The van der Waals surface area contributed by atoms with E-state index in [0.717, 1.165) is 24.6 Å². The first-order chi connectivity index (χ1) is 10.3. The predicted octanol–water partition coefficient (Wildman–Crippen LogP) is 3.25. The van der Waals surface area contributed by atoms with Crippen LogP contribution in [0.3, 0.4) is 0 Å². The van der Waals surface area contributed by atoms with Crippen molar-refractivity contribution in [3.05, 3.63) is 77.7 Å². The van der Waals surface area contributed by atoms with Crippen LogP contribution in [0.1, 0.15) is 16.8 Å². The van der Waals surface area contributed by atoms with Crippen molar-refractivity contribution in [2.45, 2.75) is 20.0 Å². The van der Waals surface area contributed by atoms with E-state index >= 15 is 0 Å². The van der Waals surface area contributed by atoms with Crippen molar-refractivity contribution in [2.24, 2.45) is 0 Å². The van der Waals surface area contributed by atoms with Crippen molar-refractivity contribution in [3.8, 4) is 0 Å². The molecule has 3 aromatic rings. The van der Waals surface area contributed by atoms with Gasteiger partial charge in [-0.3, -0.25) is 4.68 Å². The van der Waals surface area contributed by atoms with Crippen LogP contribution in [-0.4, -0.2) is 14.8 Å². The van der Waals surface area contributed by atoms with Crippen LogP contribution in [0.5, 0.6) is 0 Å². The van der Waals surface area contributed by atoms with Crippen molar-refractivity contribution >= 4 is 5.82 Å². The van der Waals surface area contributed by atoms with Crippen molar-refractivity contribution in [1.82, 2.24) is 14.8 Å². The van der Waals surface area contributed by atoms with Crippen LogP contribution < -0.4 is 5.32 Å². The van der Waals surface area contributed by atoms with Gasteiger partial charge in [0.25, 0.3) is 0 Å². The standard InChI is InChI=1S/C17H18N4/c1-14-5-2-8-17(20-14)18-12-15-6-3-7-16(11-15)13-21-10-4-9-19-21/h2-11H,12-13H2,1H3,(H,18,20). The molecule has 1 aromatic carbocycles. The molecule has 0 aliphatic rings. The second kappa shape index (κ2) is 6.22. The number of anilines is 1. The third kappa shape index (κ3) is 3.69. The quantitative estimate of drug-likeness (QED) is 0.779. The van der Waals surface area contributed by atoms with E-state index in [2.05, 4.69) is 39.7 Å². The van der Waals surface area contributed by atoms with Gasteiger partial charge < -0.3 is 5.32 Å². The molecule has 0 bridgehead atoms. The number of pyridine rings is 1. The molecule has 3 rings (SSSR count). The largest absolute Gasteiger partial charge is 0.366 e. The second-order valence-electron chi connectivity index (χ2n) is 5.04. The Morgan fingerprint density at radius 2 is 1.90 bits per heavy atom. The fraction of sp³-hybridized carbons (Fsp3) is 0.176. The minimum absolute atomic E-state index is 0.767. The lowest BCUT2D eigenvalue weighted by atomic mass is 10.1. The lowest BCUT2D eigenvalue weighted by molar-refractivity contribution is 0.686. The minimum atomic E-state index is 0.767. The van der Waals surface area contributed by atoms with Gasteiger partial charge >= 0.3 is 0 Å². The maximum Gasteiger partial charge on any atom is 0.126 e. The van der Waals surface area contributed by atoms with Gasteiger partial charge in [-0.2, -0.15) is 5.10 Å². The summed E-state index contributed by atoms with van der Waals surface area (Å²) in [6.45, 7) is 3.56. The summed E-state index contributed by atoms with van der Waals surface area (Å²) in [5, 5.41) is 7.59. The lowest BCUT2D eigenvalue weighted by Crippen LogP contribution is -2.04. The summed E-state index contributed by atoms with van der Waals surface area (Å²) in [5.74, 6) is 0.910. The number of benzene rings is 1. The number of hydrogen-bond donors (Lipinski definition) is 1. The summed E-state index contributed by atoms with van der Waals surface area (Å²) >= 11 is 0. The zero-order valence-corrected chi connectivity index (χ0v) is 12.0. The van der Waals surface area contributed by atoms with Gasteiger partial charge in [-0.25, -0.2) is 4.98 Å². The highest BCUT2D eigenvalue weighted by atomic mass is 15.3. The summed E-state index contributed by atoms with van der Waals surface area (Å²) in [4.78, 5) is 4.45. The summed E-state index contributed by atoms with van der Waals surface area (Å²) in [5.41, 5.74) is 3.51. The van der Waals surface area contributed by atoms with Gasteiger partial charge in [0.15, 0.2) is 0 Å². The predicted molar refractivity (Wildman–Crippen MR) is 84.1 cm³/mol. The number of rotatable bonds is 5. The number of hydrogen-bond acceptors (Lipinski definition) is 3. The third-order valence-corrected chi connectivity index (χ3v) is 3.26. The molecule has 2 heterocycles. The van der Waals surface area contributed by atoms with Gasteiger partial charge in [-0.05, 0) is 36.2 Å². The monoisotopic (exact) mass is 278 g/mol. The molecule has 0 aliphatic heterocycles. The molecular weight excluding hydrogens is 260 g/mol. The summed E-state index contributed by atoms with van der Waals surface area (Å²) < 4.78 is 1.93. The average Bonchev–Trinajstić information content (AvgIpc) is 2.99. The van der Waals surface area contributed by atoms with Gasteiger partial charge in [-0.15, -0.1) is 0 Å². The van der Waals surface area contributed by atoms with Crippen LogP contribution in [0.25, 0.3) is 0 Å². The Hall–Kier alpha value is -2.62. The van der Waals surface area contributed by atoms with Crippen LogP contribution in [0.15, 0.2) is 60.9 Å². The molecular formula is C17H18N4. The topological polar surface area (TPSA) is 42.7 Å². The van der Waals surface area contributed by atoms with Crippen LogP contribution in [0.4, 0.5) is 5.82 Å². The molecule has 0 fully saturated rings. The Morgan fingerprint density at radius 3 is 2.71 bits per heavy atom. The molecule has 0 spiro atoms. The van der Waals surface area contributed by atoms with Gasteiger partial charge in [0.2, 0.25) is 0 Å². The molecule has 0 atom stereocenters. The molecule has 0 unspecified atom stereocenters. The van der Waals surface area contributed by atoms with E-state index in [1.807, 2.05) is 42.1 Å². The molecule has 4 nitrogen and oxygen atoms in total. The Morgan fingerprint density at radius 1 is 1.05 bits per heavy atom. The van der Waals surface area contributed by atoms with Crippen molar-refractivity contribution < 1.29 is 0 Å². The van der Waals surface area contributed by atoms with Gasteiger partial charge in [-0.1, -0.05) is 30.3 Å². The highest BCUT2D eigenvalue weighted by molar-refractivity contribution is 5.37. The summed E-state index contributed by atoms with van der Waals surface area (Å²) in [6.07, 6.45) is 3.77. The number of nitrogens with one attached hydrogen (secondary N) is 1. The van der Waals surface area contributed by atoms with Gasteiger partial charge in [0.1, 0.15) is 5.82 Å². The average molecular weight is 278 g/mol. The number of nitrogens with zero attached hydrogens (tertiary/aromatic N) is 3. The normalized spacial score (nSPS) is 10.5. The van der Waals surface area contributed by atoms with Crippen LogP contribution in [0.2, 0.25) is 0 Å². The van der Waals surface area contributed by atoms with Crippen molar-refractivity contribution in [2.75, 3.05) is 5.32 Å². The fourth-order valence-corrected chi connectivity index (χ4v) is 2.25. The summed E-state index contributed by atoms with van der Waals surface area (Å²) in [6, 6.07) is 16.5. The van der Waals surface area contributed by atoms with E-state index < -0.39 is 0 Å². The van der Waals surface area contributed by atoms with E-state index in [1.54, 1.807) is 6.20 Å². The van der Waals surface area contributed by atoms with Gasteiger partial charge in [0, 0.05) is 24.6 Å². The molecule has 0 aliphatic carbocycles. The molecule has 106 valence electrons. The Bertz CT molecular complexity index is 704. The first-order valence-electron chi connectivity index (χ1n) is 7.02. The van der Waals surface area contributed by atoms with Crippen LogP contribution in [-0.2, 0) is 13.1 Å². The highest BCUT2D eigenvalue weighted by Gasteiger charge is 1.99. The second-order valence-corrected chi connectivity index (χ2v) is 5.04. The Kier molecular flexibility index (Phi) is 3.96. The van der Waals surface area contributed by atoms with E-state index in [0.29, 0.717) is 0 Å². The molecule has 21 heavy (non-hydrogen) atoms. The molecule has 2 aromatic heterocycles. The molecule has 0 saturated carbocycles. The number of aromatic nitrogens is 3. The molecule has 4 heteroatoms. The van der Waals surface area contributed by atoms with Crippen molar-refractivity contribution in [3.63, 3.8) is 0 Å². The SMILES string of the molecule is Cc1cccc(NCc2cccc(Cn3cccn3)c2)n1. The van der Waals surface area contributed by atoms with Crippen molar-refractivity contribution in [1.29, 1.82) is 0 Å². The lowest BCUT2D eigenvalue weighted by Gasteiger charge is -2.08. The maximum absolute atomic E-state index is 4.45. The summed E-state index contributed by atoms with van der Waals surface area (Å²) in [7, 11) is 0. The molecule has 0 radical (unpaired) electrons. The van der Waals surface area contributed by atoms with Crippen LogP contribution in [0, 0.1) is 6.92 Å². The highest BCUT2D eigenvalue weighted by Crippen LogP contribution is 2.10. The van der Waals surface area contributed by atoms with E-state index in [1.165, 1.54) is 11.1 Å².